The van der Waals surface area contributed by atoms with Gasteiger partial charge in [0.05, 0.1) is 17.2 Å². The van der Waals surface area contributed by atoms with Crippen LogP contribution in [0.25, 0.3) is 0 Å². The van der Waals surface area contributed by atoms with Crippen LogP contribution in [0, 0.1) is 11.6 Å². The van der Waals surface area contributed by atoms with Gasteiger partial charge in [-0.3, -0.25) is 0 Å². The molecule has 1 amide bonds. The highest BCUT2D eigenvalue weighted by Gasteiger charge is 2.35. The highest BCUT2D eigenvalue weighted by atomic mass is 35.5. The van der Waals surface area contributed by atoms with E-state index in [2.05, 4.69) is 10.3 Å². The van der Waals surface area contributed by atoms with Crippen LogP contribution in [0.1, 0.15) is 18.5 Å². The summed E-state index contributed by atoms with van der Waals surface area (Å²) in [4.78, 5) is 14.2. The van der Waals surface area contributed by atoms with Gasteiger partial charge < -0.3 is 10.4 Å². The molecule has 1 unspecified atom stereocenters. The second-order valence-electron chi connectivity index (χ2n) is 6.14. The van der Waals surface area contributed by atoms with Crippen molar-refractivity contribution in [3.63, 3.8) is 0 Å². The molecular formula is C18H13Cl2F2N3O4S2. The minimum Gasteiger partial charge on any atom is -0.464 e. The summed E-state index contributed by atoms with van der Waals surface area (Å²) in [6.07, 6.45) is -1.87. The zero-order valence-electron chi connectivity index (χ0n) is 15.5. The summed E-state index contributed by atoms with van der Waals surface area (Å²) < 4.78 is 54.6. The third-order valence-corrected chi connectivity index (χ3v) is 7.14. The number of amides is 1. The Hall–Kier alpha value is -2.47. The first-order valence-electron chi connectivity index (χ1n) is 8.40. The largest absolute Gasteiger partial charge is 0.464 e. The average Bonchev–Trinajstić information content (AvgIpc) is 3.18. The maximum absolute atomic E-state index is 14.9. The highest BCUT2D eigenvalue weighted by molar-refractivity contribution is 7.93. The number of halogens is 4. The van der Waals surface area contributed by atoms with Crippen LogP contribution in [0.3, 0.4) is 0 Å². The van der Waals surface area contributed by atoms with E-state index in [0.29, 0.717) is 0 Å². The molecule has 13 heteroatoms. The second-order valence-corrected chi connectivity index (χ2v) is 9.40. The molecule has 164 valence electrons. The lowest BCUT2D eigenvalue weighted by Gasteiger charge is -2.21. The van der Waals surface area contributed by atoms with Gasteiger partial charge in [0.15, 0.2) is 11.6 Å². The number of nitrogens with one attached hydrogen (secondary N) is 1. The summed E-state index contributed by atoms with van der Waals surface area (Å²) in [7, 11) is -4.88. The molecule has 0 bridgehead atoms. The molecule has 0 aliphatic heterocycles. The van der Waals surface area contributed by atoms with Gasteiger partial charge in [0.25, 0.3) is 10.0 Å². The number of aromatic nitrogens is 1. The Morgan fingerprint density at radius 2 is 1.97 bits per heavy atom. The average molecular weight is 508 g/mol. The van der Waals surface area contributed by atoms with Crippen LogP contribution in [-0.2, 0) is 10.0 Å². The van der Waals surface area contributed by atoms with Crippen LogP contribution >= 0.6 is 34.5 Å². The number of carboxylic acid groups (broad SMARTS) is 1. The first-order chi connectivity index (χ1) is 14.6. The molecule has 1 atom stereocenters. The third-order valence-electron chi connectivity index (χ3n) is 4.17. The first-order valence-corrected chi connectivity index (χ1v) is 11.5. The second kappa shape index (κ2) is 8.95. The van der Waals surface area contributed by atoms with Gasteiger partial charge in [0.1, 0.15) is 15.7 Å². The Balaban J connectivity index is 1.99. The molecule has 0 saturated carbocycles. The Morgan fingerprint density at radius 3 is 2.55 bits per heavy atom. The molecule has 1 heterocycles. The zero-order chi connectivity index (χ0) is 22.9. The molecule has 2 aromatic carbocycles. The SMILES string of the molecule is CC(Nc1ccc(S(=O)(=O)N(C(=O)O)c2cscn2)c(F)c1Cl)c1c(F)cccc1Cl. The van der Waals surface area contributed by atoms with E-state index in [4.69, 9.17) is 23.2 Å². The summed E-state index contributed by atoms with van der Waals surface area (Å²) in [5, 5.41) is 12.8. The minimum atomic E-state index is -4.88. The number of anilines is 2. The number of sulfonamides is 1. The van der Waals surface area contributed by atoms with Crippen molar-refractivity contribution in [1.29, 1.82) is 0 Å². The lowest BCUT2D eigenvalue weighted by molar-refractivity contribution is 0.206. The number of thiazole rings is 1. The summed E-state index contributed by atoms with van der Waals surface area (Å²) in [5.74, 6) is -2.37. The van der Waals surface area contributed by atoms with Crippen molar-refractivity contribution < 1.29 is 27.1 Å². The van der Waals surface area contributed by atoms with Crippen molar-refractivity contribution in [3.8, 4) is 0 Å². The predicted molar refractivity (Wildman–Crippen MR) is 115 cm³/mol. The summed E-state index contributed by atoms with van der Waals surface area (Å²) in [6.45, 7) is 1.55. The molecule has 7 nitrogen and oxygen atoms in total. The monoisotopic (exact) mass is 507 g/mol. The molecule has 0 aliphatic carbocycles. The quantitative estimate of drug-likeness (QED) is 0.438. The fourth-order valence-corrected chi connectivity index (χ4v) is 5.30. The summed E-state index contributed by atoms with van der Waals surface area (Å²) in [6, 6.07) is 5.36. The molecule has 3 aromatic rings. The van der Waals surface area contributed by atoms with Crippen LogP contribution in [-0.4, -0.2) is 24.6 Å². The van der Waals surface area contributed by atoms with E-state index in [9.17, 15) is 27.1 Å². The Kier molecular flexibility index (Phi) is 6.70. The maximum Gasteiger partial charge on any atom is 0.427 e. The standard InChI is InChI=1S/C18H13Cl2F2N3O4S2/c1-9(15-10(19)3-2-4-11(15)21)24-12-5-6-13(17(22)16(12)20)31(28,29)25(18(26)27)14-7-30-8-23-14/h2-9,24H,1H3,(H,26,27). The van der Waals surface area contributed by atoms with Crippen molar-refractivity contribution in [2.24, 2.45) is 0 Å². The molecule has 0 fully saturated rings. The fourth-order valence-electron chi connectivity index (χ4n) is 2.80. The minimum absolute atomic E-state index is 0.0412. The fraction of sp³-hybridized carbons (Fsp3) is 0.111. The smallest absolute Gasteiger partial charge is 0.427 e. The third kappa shape index (κ3) is 4.45. The van der Waals surface area contributed by atoms with E-state index in [1.54, 1.807) is 6.92 Å². The van der Waals surface area contributed by atoms with Gasteiger partial charge in [0.2, 0.25) is 0 Å². The molecule has 2 N–H and O–H groups in total. The summed E-state index contributed by atoms with van der Waals surface area (Å²) in [5.41, 5.74) is 1.30. The number of hydrogen-bond acceptors (Lipinski definition) is 6. The predicted octanol–water partition coefficient (Wildman–Crippen LogP) is 5.77. The van der Waals surface area contributed by atoms with Crippen LogP contribution in [0.15, 0.2) is 46.1 Å². The normalized spacial score (nSPS) is 12.4. The highest BCUT2D eigenvalue weighted by Crippen LogP contribution is 2.36. The molecule has 0 radical (unpaired) electrons. The van der Waals surface area contributed by atoms with Gasteiger partial charge in [-0.25, -0.2) is 27.0 Å². The number of carbonyl (C=O) groups is 1. The lowest BCUT2D eigenvalue weighted by atomic mass is 10.1. The van der Waals surface area contributed by atoms with Crippen molar-refractivity contribution in [2.75, 3.05) is 9.62 Å². The van der Waals surface area contributed by atoms with E-state index in [1.165, 1.54) is 29.1 Å². The van der Waals surface area contributed by atoms with E-state index in [0.717, 1.165) is 23.5 Å². The van der Waals surface area contributed by atoms with Crippen LogP contribution in [0.5, 0.6) is 0 Å². The number of rotatable bonds is 6. The van der Waals surface area contributed by atoms with Crippen molar-refractivity contribution >= 4 is 62.2 Å². The van der Waals surface area contributed by atoms with E-state index in [-0.39, 0.29) is 20.6 Å². The van der Waals surface area contributed by atoms with Crippen LogP contribution in [0.2, 0.25) is 10.0 Å². The molecule has 31 heavy (non-hydrogen) atoms. The van der Waals surface area contributed by atoms with Gasteiger partial charge in [-0.2, -0.15) is 0 Å². The molecule has 0 spiro atoms. The molecular weight excluding hydrogens is 495 g/mol. The van der Waals surface area contributed by atoms with Crippen molar-refractivity contribution in [2.45, 2.75) is 17.9 Å². The summed E-state index contributed by atoms with van der Waals surface area (Å²) >= 11 is 13.0. The topological polar surface area (TPSA) is 99.6 Å². The number of nitrogens with zero attached hydrogens (tertiary/aromatic N) is 2. The molecule has 0 aliphatic rings. The van der Waals surface area contributed by atoms with Gasteiger partial charge in [-0.15, -0.1) is 15.6 Å². The molecule has 3 rings (SSSR count). The molecule has 0 saturated heterocycles. The van der Waals surface area contributed by atoms with Crippen LogP contribution < -0.4 is 9.62 Å². The Bertz CT molecular complexity index is 1220. The zero-order valence-corrected chi connectivity index (χ0v) is 18.7. The van der Waals surface area contributed by atoms with Gasteiger partial charge in [0, 0.05) is 16.0 Å². The molecule has 1 aromatic heterocycles. The Morgan fingerprint density at radius 1 is 1.26 bits per heavy atom. The van der Waals surface area contributed by atoms with Gasteiger partial charge >= 0.3 is 6.09 Å². The van der Waals surface area contributed by atoms with Crippen LogP contribution in [0.4, 0.5) is 25.1 Å². The van der Waals surface area contributed by atoms with Gasteiger partial charge in [-0.05, 0) is 31.2 Å². The number of benzene rings is 2. The van der Waals surface area contributed by atoms with Crippen molar-refractivity contribution in [3.05, 3.63) is 68.5 Å². The first kappa shape index (κ1) is 23.2. The Labute approximate surface area is 189 Å². The lowest BCUT2D eigenvalue weighted by Crippen LogP contribution is -2.36. The van der Waals surface area contributed by atoms with Crippen molar-refractivity contribution in [1.82, 2.24) is 4.98 Å². The number of hydrogen-bond donors (Lipinski definition) is 2. The van der Waals surface area contributed by atoms with Gasteiger partial charge in [-0.1, -0.05) is 29.3 Å². The van der Waals surface area contributed by atoms with E-state index in [1.807, 2.05) is 0 Å². The van der Waals surface area contributed by atoms with E-state index >= 15 is 0 Å². The maximum atomic E-state index is 14.9. The van der Waals surface area contributed by atoms with E-state index < -0.39 is 49.5 Å².